The van der Waals surface area contributed by atoms with Crippen molar-refractivity contribution in [3.63, 3.8) is 0 Å². The number of ketones is 1. The Morgan fingerprint density at radius 1 is 1.18 bits per heavy atom. The maximum Gasteiger partial charge on any atom is 0.294 e. The van der Waals surface area contributed by atoms with E-state index >= 15 is 0 Å². The van der Waals surface area contributed by atoms with Crippen LogP contribution in [-0.4, -0.2) is 79.6 Å². The van der Waals surface area contributed by atoms with E-state index in [9.17, 15) is 14.4 Å². The number of carbonyl (C=O) groups excluding carboxylic acids is 3. The summed E-state index contributed by atoms with van der Waals surface area (Å²) in [5.41, 5.74) is 1.63. The van der Waals surface area contributed by atoms with E-state index in [1.54, 1.807) is 42.5 Å². The Balaban J connectivity index is 1.58. The van der Waals surface area contributed by atoms with Crippen molar-refractivity contribution >= 4 is 58.3 Å². The molecule has 39 heavy (non-hydrogen) atoms. The van der Waals surface area contributed by atoms with Gasteiger partial charge in [-0.05, 0) is 36.4 Å². The Kier molecular flexibility index (Phi) is 8.95. The van der Waals surface area contributed by atoms with E-state index in [0.29, 0.717) is 41.9 Å². The molecule has 2 aromatic rings. The molecule has 0 radical (unpaired) electrons. The van der Waals surface area contributed by atoms with Crippen molar-refractivity contribution < 1.29 is 23.9 Å². The Labute approximate surface area is 230 Å². The Bertz CT molecular complexity index is 1320. The third-order valence-corrected chi connectivity index (χ3v) is 6.13. The predicted molar refractivity (Wildman–Crippen MR) is 151 cm³/mol. The van der Waals surface area contributed by atoms with Crippen LogP contribution in [0.4, 0.5) is 17.1 Å². The smallest absolute Gasteiger partial charge is 0.294 e. The number of hydrogen-bond donors (Lipinski definition) is 3. The predicted octanol–water partition coefficient (Wildman–Crippen LogP) is 3.15. The lowest BCUT2D eigenvalue weighted by Gasteiger charge is -2.24. The lowest BCUT2D eigenvalue weighted by Crippen LogP contribution is -2.34. The van der Waals surface area contributed by atoms with Crippen LogP contribution in [0.15, 0.2) is 65.1 Å². The van der Waals surface area contributed by atoms with Crippen molar-refractivity contribution in [1.29, 1.82) is 0 Å². The standard InChI is InChI=1S/C27H29ClN6O5/c1-4-23(35)30-16-9-10-22(39-17-11-12-38-15-17)21(13-16)32-27-29-14-19(28)25(33-27)31-20-8-6-5-7-18(20)24(36)26(37)34(2)3/h4-10,13-14,17,19,27,32H,1,11-12,15H2,2-3H3,(H,30,35)(H,31,33). The first-order valence-corrected chi connectivity index (χ1v) is 12.6. The number of ether oxygens (including phenoxy) is 2. The molecule has 4 rings (SSSR count). The SMILES string of the molecule is C=CC(=O)Nc1ccc(OC2CCOC2)c(NC2N=CC(Cl)C(Nc3ccccc3C(=O)C(=O)N(C)C)=N2)c1. The third-order valence-electron chi connectivity index (χ3n) is 5.81. The molecule has 1 saturated heterocycles. The molecule has 0 spiro atoms. The summed E-state index contributed by atoms with van der Waals surface area (Å²) in [7, 11) is 3.02. The summed E-state index contributed by atoms with van der Waals surface area (Å²) in [6.07, 6.45) is 2.53. The molecule has 0 saturated carbocycles. The molecule has 2 amide bonds. The van der Waals surface area contributed by atoms with Gasteiger partial charge in [0.1, 0.15) is 23.1 Å². The molecule has 12 heteroatoms. The van der Waals surface area contributed by atoms with Gasteiger partial charge in [0.15, 0.2) is 0 Å². The lowest BCUT2D eigenvalue weighted by atomic mass is 10.1. The van der Waals surface area contributed by atoms with Crippen LogP contribution in [-0.2, 0) is 14.3 Å². The zero-order valence-corrected chi connectivity index (χ0v) is 22.3. The first-order chi connectivity index (χ1) is 18.7. The molecule has 204 valence electrons. The fourth-order valence-electron chi connectivity index (χ4n) is 3.82. The number of Topliss-reactive ketones (excluding diaryl/α,β-unsaturated/α-hetero) is 1. The molecular formula is C27H29ClN6O5. The van der Waals surface area contributed by atoms with Crippen molar-refractivity contribution in [3.8, 4) is 5.75 Å². The molecule has 0 aliphatic carbocycles. The van der Waals surface area contributed by atoms with Crippen LogP contribution < -0.4 is 20.7 Å². The summed E-state index contributed by atoms with van der Waals surface area (Å²) in [5, 5.41) is 8.31. The maximum absolute atomic E-state index is 12.7. The molecule has 0 aromatic heterocycles. The van der Waals surface area contributed by atoms with Crippen LogP contribution in [0.3, 0.4) is 0 Å². The number of halogens is 1. The Morgan fingerprint density at radius 3 is 2.69 bits per heavy atom. The van der Waals surface area contributed by atoms with Gasteiger partial charge in [0.2, 0.25) is 12.2 Å². The van der Waals surface area contributed by atoms with Gasteiger partial charge in [-0.1, -0.05) is 18.7 Å². The van der Waals surface area contributed by atoms with Crippen molar-refractivity contribution in [2.24, 2.45) is 9.98 Å². The van der Waals surface area contributed by atoms with Crippen LogP contribution in [0.25, 0.3) is 0 Å². The summed E-state index contributed by atoms with van der Waals surface area (Å²) in [6, 6.07) is 11.8. The van der Waals surface area contributed by atoms with E-state index in [0.717, 1.165) is 6.42 Å². The van der Waals surface area contributed by atoms with Crippen LogP contribution in [0.1, 0.15) is 16.8 Å². The number of nitrogens with zero attached hydrogens (tertiary/aromatic N) is 3. The van der Waals surface area contributed by atoms with Crippen LogP contribution in [0.5, 0.6) is 5.75 Å². The van der Waals surface area contributed by atoms with E-state index in [4.69, 9.17) is 21.1 Å². The van der Waals surface area contributed by atoms with Gasteiger partial charge in [-0.15, -0.1) is 11.6 Å². The second kappa shape index (κ2) is 12.5. The molecule has 3 atom stereocenters. The minimum atomic E-state index is -0.804. The zero-order chi connectivity index (χ0) is 27.9. The number of rotatable bonds is 9. The number of nitrogens with one attached hydrogen (secondary N) is 3. The molecule has 0 bridgehead atoms. The average molecular weight is 553 g/mol. The van der Waals surface area contributed by atoms with E-state index in [1.165, 1.54) is 31.3 Å². The molecule has 11 nitrogen and oxygen atoms in total. The summed E-state index contributed by atoms with van der Waals surface area (Å²) >= 11 is 6.46. The fourth-order valence-corrected chi connectivity index (χ4v) is 4.00. The summed E-state index contributed by atoms with van der Waals surface area (Å²) in [5.74, 6) is -0.811. The number of benzene rings is 2. The highest BCUT2D eigenvalue weighted by molar-refractivity contribution is 6.45. The van der Waals surface area contributed by atoms with Gasteiger partial charge in [-0.3, -0.25) is 14.4 Å². The number of likely N-dealkylation sites (N-methyl/N-ethyl adjacent to an activating group) is 1. The first-order valence-electron chi connectivity index (χ1n) is 12.2. The van der Waals surface area contributed by atoms with Crippen molar-refractivity contribution in [2.75, 3.05) is 43.3 Å². The number of anilines is 3. The van der Waals surface area contributed by atoms with E-state index in [2.05, 4.69) is 32.5 Å². The van der Waals surface area contributed by atoms with Gasteiger partial charge >= 0.3 is 0 Å². The number of alkyl halides is 1. The molecule has 3 unspecified atom stereocenters. The summed E-state index contributed by atoms with van der Waals surface area (Å²) < 4.78 is 11.5. The molecule has 3 N–H and O–H groups in total. The van der Waals surface area contributed by atoms with Gasteiger partial charge in [0.25, 0.3) is 11.7 Å². The molecule has 2 heterocycles. The molecular weight excluding hydrogens is 524 g/mol. The molecule has 2 aliphatic heterocycles. The van der Waals surface area contributed by atoms with Gasteiger partial charge < -0.3 is 30.3 Å². The van der Waals surface area contributed by atoms with Crippen LogP contribution in [0, 0.1) is 0 Å². The Hall–Kier alpha value is -4.22. The molecule has 2 aromatic carbocycles. The van der Waals surface area contributed by atoms with Crippen LogP contribution >= 0.6 is 11.6 Å². The lowest BCUT2D eigenvalue weighted by molar-refractivity contribution is -0.124. The number of carbonyl (C=O) groups is 3. The molecule has 2 aliphatic rings. The van der Waals surface area contributed by atoms with Crippen molar-refractivity contribution in [1.82, 2.24) is 4.90 Å². The minimum Gasteiger partial charge on any atom is -0.486 e. The number of aliphatic imine (C=N–C) groups is 2. The highest BCUT2D eigenvalue weighted by Gasteiger charge is 2.25. The first kappa shape index (κ1) is 27.8. The normalized spacial score (nSPS) is 20.0. The minimum absolute atomic E-state index is 0.110. The second-order valence-corrected chi connectivity index (χ2v) is 9.41. The van der Waals surface area contributed by atoms with E-state index < -0.39 is 23.4 Å². The topological polar surface area (TPSA) is 134 Å². The Morgan fingerprint density at radius 2 is 1.97 bits per heavy atom. The van der Waals surface area contributed by atoms with Crippen LogP contribution in [0.2, 0.25) is 0 Å². The number of amides is 2. The maximum atomic E-state index is 12.7. The zero-order valence-electron chi connectivity index (χ0n) is 21.5. The van der Waals surface area contributed by atoms with Gasteiger partial charge in [-0.25, -0.2) is 9.98 Å². The number of para-hydroxylation sites is 1. The van der Waals surface area contributed by atoms with Crippen molar-refractivity contribution in [3.05, 3.63) is 60.7 Å². The second-order valence-electron chi connectivity index (χ2n) is 8.94. The highest BCUT2D eigenvalue weighted by Crippen LogP contribution is 2.31. The number of amidine groups is 1. The third kappa shape index (κ3) is 7.01. The number of hydrogen-bond acceptors (Lipinski definition) is 9. The van der Waals surface area contributed by atoms with Gasteiger partial charge in [0, 0.05) is 32.4 Å². The fraction of sp³-hybridized carbons (Fsp3) is 0.296. The van der Waals surface area contributed by atoms with E-state index in [1.807, 2.05) is 0 Å². The van der Waals surface area contributed by atoms with E-state index in [-0.39, 0.29) is 17.6 Å². The van der Waals surface area contributed by atoms with Gasteiger partial charge in [-0.2, -0.15) is 0 Å². The average Bonchev–Trinajstić information content (AvgIpc) is 3.44. The summed E-state index contributed by atoms with van der Waals surface area (Å²) in [6.45, 7) is 4.58. The largest absolute Gasteiger partial charge is 0.486 e. The monoisotopic (exact) mass is 552 g/mol. The highest BCUT2D eigenvalue weighted by atomic mass is 35.5. The summed E-state index contributed by atoms with van der Waals surface area (Å²) in [4.78, 5) is 47.1. The molecule has 1 fully saturated rings. The van der Waals surface area contributed by atoms with Gasteiger partial charge in [0.05, 0.1) is 30.2 Å². The quantitative estimate of drug-likeness (QED) is 0.188. The van der Waals surface area contributed by atoms with Crippen molar-refractivity contribution in [2.45, 2.75) is 24.2 Å².